The highest BCUT2D eigenvalue weighted by molar-refractivity contribution is 5.89. The van der Waals surface area contributed by atoms with Crippen molar-refractivity contribution in [3.8, 4) is 0 Å². The average molecular weight is 194 g/mol. The molecule has 76 valence electrons. The topological polar surface area (TPSA) is 35.5 Å². The predicted octanol–water partition coefficient (Wildman–Crippen LogP) is 2.23. The Balaban J connectivity index is 2.69. The Morgan fingerprint density at radius 2 is 1.79 bits per heavy atom. The number of methoxy groups -OCH3 is 1. The molecule has 0 saturated heterocycles. The number of hydrogen-bond acceptors (Lipinski definition) is 3. The molecule has 0 aliphatic heterocycles. The molecule has 0 atom stereocenters. The third-order valence-electron chi connectivity index (χ3n) is 1.84. The molecule has 0 bridgehead atoms. The smallest absolute Gasteiger partial charge is 0.340 e. The van der Waals surface area contributed by atoms with E-state index in [4.69, 9.17) is 9.47 Å². The van der Waals surface area contributed by atoms with E-state index < -0.39 is 5.79 Å². The molecule has 0 radical (unpaired) electrons. The zero-order valence-electron chi connectivity index (χ0n) is 8.61. The van der Waals surface area contributed by atoms with E-state index in [1.807, 2.05) is 6.07 Å². The quantitative estimate of drug-likeness (QED) is 0.546. The van der Waals surface area contributed by atoms with Crippen LogP contribution in [-0.4, -0.2) is 18.9 Å². The lowest BCUT2D eigenvalue weighted by atomic mass is 10.2. The van der Waals surface area contributed by atoms with Crippen molar-refractivity contribution < 1.29 is 14.3 Å². The molecule has 1 aromatic rings. The number of carbonyl (C=O) groups excluding carboxylic acids is 1. The number of benzene rings is 1. The second-order valence-corrected chi connectivity index (χ2v) is 3.36. The predicted molar refractivity (Wildman–Crippen MR) is 52.9 cm³/mol. The third kappa shape index (κ3) is 2.85. The molecule has 0 amide bonds. The molecule has 0 heterocycles. The van der Waals surface area contributed by atoms with Crippen molar-refractivity contribution in [2.24, 2.45) is 0 Å². The van der Waals surface area contributed by atoms with Crippen LogP contribution in [0.5, 0.6) is 0 Å². The number of carbonyl (C=O) groups is 1. The Kier molecular flexibility index (Phi) is 3.25. The number of hydrogen-bond donors (Lipinski definition) is 0. The van der Waals surface area contributed by atoms with Gasteiger partial charge in [0.05, 0.1) is 5.56 Å². The first-order valence-electron chi connectivity index (χ1n) is 4.39. The summed E-state index contributed by atoms with van der Waals surface area (Å²) in [6.07, 6.45) is 0. The zero-order valence-corrected chi connectivity index (χ0v) is 8.61. The molecule has 0 spiro atoms. The van der Waals surface area contributed by atoms with Gasteiger partial charge in [-0.1, -0.05) is 18.2 Å². The van der Waals surface area contributed by atoms with Gasteiger partial charge in [-0.2, -0.15) is 0 Å². The summed E-state index contributed by atoms with van der Waals surface area (Å²) in [5.74, 6) is -1.26. The Morgan fingerprint density at radius 1 is 1.21 bits per heavy atom. The van der Waals surface area contributed by atoms with E-state index in [-0.39, 0.29) is 5.97 Å². The highest BCUT2D eigenvalue weighted by Crippen LogP contribution is 2.13. The van der Waals surface area contributed by atoms with Crippen LogP contribution in [0.3, 0.4) is 0 Å². The van der Waals surface area contributed by atoms with Gasteiger partial charge in [-0.25, -0.2) is 4.79 Å². The van der Waals surface area contributed by atoms with Crippen LogP contribution in [-0.2, 0) is 9.47 Å². The molecule has 1 aromatic carbocycles. The van der Waals surface area contributed by atoms with Gasteiger partial charge in [-0.05, 0) is 12.1 Å². The second kappa shape index (κ2) is 4.24. The van der Waals surface area contributed by atoms with Crippen LogP contribution in [0.15, 0.2) is 30.3 Å². The lowest BCUT2D eigenvalue weighted by Gasteiger charge is -2.22. The molecule has 0 unspecified atom stereocenters. The first-order valence-corrected chi connectivity index (χ1v) is 4.39. The molecule has 0 fully saturated rings. The highest BCUT2D eigenvalue weighted by atomic mass is 16.7. The Hall–Kier alpha value is -1.35. The van der Waals surface area contributed by atoms with Gasteiger partial charge in [-0.3, -0.25) is 0 Å². The minimum absolute atomic E-state index is 0.377. The molecule has 1 rings (SSSR count). The maximum Gasteiger partial charge on any atom is 0.340 e. The van der Waals surface area contributed by atoms with Crippen molar-refractivity contribution in [2.75, 3.05) is 7.11 Å². The van der Waals surface area contributed by atoms with Crippen molar-refractivity contribution in [2.45, 2.75) is 19.6 Å². The van der Waals surface area contributed by atoms with Gasteiger partial charge >= 0.3 is 5.97 Å². The first-order chi connectivity index (χ1) is 6.55. The summed E-state index contributed by atoms with van der Waals surface area (Å²) in [4.78, 5) is 11.5. The average Bonchev–Trinajstić information content (AvgIpc) is 2.19. The van der Waals surface area contributed by atoms with E-state index in [0.717, 1.165) is 0 Å². The lowest BCUT2D eigenvalue weighted by molar-refractivity contribution is -0.160. The Labute approximate surface area is 83.6 Å². The van der Waals surface area contributed by atoms with E-state index in [2.05, 4.69) is 0 Å². The summed E-state index contributed by atoms with van der Waals surface area (Å²) in [5, 5.41) is 0. The minimum Gasteiger partial charge on any atom is -0.430 e. The van der Waals surface area contributed by atoms with Gasteiger partial charge in [0.2, 0.25) is 5.79 Å². The van der Waals surface area contributed by atoms with Crippen molar-refractivity contribution in [3.05, 3.63) is 35.9 Å². The summed E-state index contributed by atoms with van der Waals surface area (Å²) >= 11 is 0. The van der Waals surface area contributed by atoms with Crippen LogP contribution in [0, 0.1) is 0 Å². The maximum absolute atomic E-state index is 11.5. The van der Waals surface area contributed by atoms with Crippen molar-refractivity contribution >= 4 is 5.97 Å². The summed E-state index contributed by atoms with van der Waals surface area (Å²) in [6.45, 7) is 3.38. The second-order valence-electron chi connectivity index (χ2n) is 3.36. The van der Waals surface area contributed by atoms with Crippen molar-refractivity contribution in [3.63, 3.8) is 0 Å². The fourth-order valence-corrected chi connectivity index (χ4v) is 0.898. The van der Waals surface area contributed by atoms with Crippen LogP contribution in [0.1, 0.15) is 24.2 Å². The molecule has 14 heavy (non-hydrogen) atoms. The largest absolute Gasteiger partial charge is 0.430 e. The lowest BCUT2D eigenvalue weighted by Crippen LogP contribution is -2.29. The first kappa shape index (κ1) is 10.7. The van der Waals surface area contributed by atoms with Gasteiger partial charge in [0.15, 0.2) is 0 Å². The van der Waals surface area contributed by atoms with E-state index in [0.29, 0.717) is 5.56 Å². The van der Waals surface area contributed by atoms with Crippen LogP contribution in [0.25, 0.3) is 0 Å². The Bertz CT molecular complexity index is 304. The summed E-state index contributed by atoms with van der Waals surface area (Å²) in [5.41, 5.74) is 0.526. The summed E-state index contributed by atoms with van der Waals surface area (Å²) in [7, 11) is 1.50. The van der Waals surface area contributed by atoms with Gasteiger partial charge in [0.25, 0.3) is 0 Å². The molecule has 0 aromatic heterocycles. The van der Waals surface area contributed by atoms with Crippen LogP contribution >= 0.6 is 0 Å². The van der Waals surface area contributed by atoms with E-state index in [1.165, 1.54) is 7.11 Å². The molecular formula is C11H14O3. The summed E-state index contributed by atoms with van der Waals surface area (Å²) in [6, 6.07) is 8.83. The van der Waals surface area contributed by atoms with Crippen LogP contribution in [0.4, 0.5) is 0 Å². The molecule has 3 heteroatoms. The monoisotopic (exact) mass is 194 g/mol. The van der Waals surface area contributed by atoms with Crippen molar-refractivity contribution in [1.29, 1.82) is 0 Å². The number of ether oxygens (including phenoxy) is 2. The minimum atomic E-state index is -0.882. The molecule has 0 N–H and O–H groups in total. The van der Waals surface area contributed by atoms with Crippen LogP contribution < -0.4 is 0 Å². The van der Waals surface area contributed by atoms with Gasteiger partial charge in [0.1, 0.15) is 0 Å². The van der Waals surface area contributed by atoms with Gasteiger partial charge in [-0.15, -0.1) is 0 Å². The van der Waals surface area contributed by atoms with E-state index in [9.17, 15) is 4.79 Å². The standard InChI is InChI=1S/C11H14O3/c1-11(2,13-3)14-10(12)9-7-5-4-6-8-9/h4-8H,1-3H3. The fraction of sp³-hybridized carbons (Fsp3) is 0.364. The molecule has 0 aliphatic carbocycles. The van der Waals surface area contributed by atoms with E-state index in [1.54, 1.807) is 38.1 Å². The number of esters is 1. The molecule has 0 aliphatic rings. The normalized spacial score (nSPS) is 11.1. The molecule has 0 saturated carbocycles. The van der Waals surface area contributed by atoms with E-state index >= 15 is 0 Å². The molecule has 3 nitrogen and oxygen atoms in total. The fourth-order valence-electron chi connectivity index (χ4n) is 0.898. The van der Waals surface area contributed by atoms with Gasteiger partial charge < -0.3 is 9.47 Å². The Morgan fingerprint density at radius 3 is 2.29 bits per heavy atom. The molecular weight excluding hydrogens is 180 g/mol. The zero-order chi connectivity index (χ0) is 10.6. The summed E-state index contributed by atoms with van der Waals surface area (Å²) < 4.78 is 10.1. The highest BCUT2D eigenvalue weighted by Gasteiger charge is 2.22. The SMILES string of the molecule is COC(C)(C)OC(=O)c1ccccc1. The third-order valence-corrected chi connectivity index (χ3v) is 1.84. The maximum atomic E-state index is 11.5. The van der Waals surface area contributed by atoms with Crippen LogP contribution in [0.2, 0.25) is 0 Å². The van der Waals surface area contributed by atoms with Gasteiger partial charge in [0, 0.05) is 21.0 Å². The number of rotatable bonds is 3. The van der Waals surface area contributed by atoms with Crippen molar-refractivity contribution in [1.82, 2.24) is 0 Å².